The fourth-order valence-electron chi connectivity index (χ4n) is 1.18. The molecule has 2 aromatic rings. The third-order valence-electron chi connectivity index (χ3n) is 1.87. The number of nitrogen functional groups attached to an aromatic ring is 1. The highest BCUT2D eigenvalue weighted by atomic mass is 19.4. The van der Waals surface area contributed by atoms with Crippen LogP contribution in [0.4, 0.5) is 23.2 Å². The van der Waals surface area contributed by atoms with Gasteiger partial charge in [0.25, 0.3) is 0 Å². The van der Waals surface area contributed by atoms with Gasteiger partial charge in [0, 0.05) is 6.07 Å². The Labute approximate surface area is 80.9 Å². The minimum Gasteiger partial charge on any atom is -0.396 e. The third kappa shape index (κ3) is 1.60. The van der Waals surface area contributed by atoms with E-state index in [1.807, 2.05) is 4.98 Å². The van der Waals surface area contributed by atoms with Gasteiger partial charge in [0.1, 0.15) is 5.82 Å². The zero-order valence-electron chi connectivity index (χ0n) is 7.19. The fourth-order valence-corrected chi connectivity index (χ4v) is 1.18. The van der Waals surface area contributed by atoms with Crippen molar-refractivity contribution in [3.63, 3.8) is 0 Å². The largest absolute Gasteiger partial charge is 0.449 e. The Morgan fingerprint density at radius 2 is 1.93 bits per heavy atom. The predicted octanol–water partition coefficient (Wildman–Crippen LogP) is 2.30. The van der Waals surface area contributed by atoms with Crippen molar-refractivity contribution in [2.75, 3.05) is 5.73 Å². The van der Waals surface area contributed by atoms with Crippen LogP contribution >= 0.6 is 0 Å². The molecule has 3 N–H and O–H groups in total. The average molecular weight is 219 g/mol. The number of benzene rings is 1. The highest BCUT2D eigenvalue weighted by Crippen LogP contribution is 2.29. The molecule has 2 rings (SSSR count). The minimum absolute atomic E-state index is 0.0128. The summed E-state index contributed by atoms with van der Waals surface area (Å²) in [6.07, 6.45) is -4.58. The van der Waals surface area contributed by atoms with Gasteiger partial charge in [0.05, 0.1) is 16.7 Å². The lowest BCUT2D eigenvalue weighted by Crippen LogP contribution is -2.06. The predicted molar refractivity (Wildman–Crippen MR) is 45.5 cm³/mol. The Hall–Kier alpha value is -1.79. The van der Waals surface area contributed by atoms with E-state index in [0.717, 1.165) is 12.1 Å². The first-order chi connectivity index (χ1) is 6.88. The van der Waals surface area contributed by atoms with Crippen molar-refractivity contribution in [2.45, 2.75) is 6.18 Å². The number of hydrogen-bond donors (Lipinski definition) is 2. The van der Waals surface area contributed by atoms with E-state index in [1.165, 1.54) is 0 Å². The van der Waals surface area contributed by atoms with Crippen LogP contribution in [-0.4, -0.2) is 9.97 Å². The molecule has 1 aromatic heterocycles. The van der Waals surface area contributed by atoms with Gasteiger partial charge < -0.3 is 10.7 Å². The van der Waals surface area contributed by atoms with Gasteiger partial charge in [-0.1, -0.05) is 0 Å². The summed E-state index contributed by atoms with van der Waals surface area (Å²) in [7, 11) is 0. The molecule has 3 nitrogen and oxygen atoms in total. The van der Waals surface area contributed by atoms with Gasteiger partial charge >= 0.3 is 6.18 Å². The molecule has 0 spiro atoms. The van der Waals surface area contributed by atoms with E-state index in [4.69, 9.17) is 5.73 Å². The lowest BCUT2D eigenvalue weighted by molar-refractivity contribution is -0.144. The first-order valence-corrected chi connectivity index (χ1v) is 3.90. The molecule has 0 saturated carbocycles. The lowest BCUT2D eigenvalue weighted by atomic mass is 10.3. The van der Waals surface area contributed by atoms with Gasteiger partial charge in [-0.15, -0.1) is 0 Å². The lowest BCUT2D eigenvalue weighted by Gasteiger charge is -1.98. The van der Waals surface area contributed by atoms with E-state index < -0.39 is 17.8 Å². The van der Waals surface area contributed by atoms with Gasteiger partial charge in [-0.25, -0.2) is 9.37 Å². The van der Waals surface area contributed by atoms with Gasteiger partial charge in [-0.3, -0.25) is 0 Å². The van der Waals surface area contributed by atoms with Crippen molar-refractivity contribution in [2.24, 2.45) is 0 Å². The smallest absolute Gasteiger partial charge is 0.396 e. The van der Waals surface area contributed by atoms with Crippen molar-refractivity contribution < 1.29 is 17.6 Å². The number of H-pyrrole nitrogens is 1. The van der Waals surface area contributed by atoms with Gasteiger partial charge in [-0.05, 0) is 6.07 Å². The maximum absolute atomic E-state index is 12.9. The van der Waals surface area contributed by atoms with Crippen molar-refractivity contribution in [3.05, 3.63) is 23.8 Å². The number of nitrogens with zero attached hydrogens (tertiary/aromatic N) is 1. The summed E-state index contributed by atoms with van der Waals surface area (Å²) in [5.74, 6) is -1.94. The van der Waals surface area contributed by atoms with Gasteiger partial charge in [0.15, 0.2) is 0 Å². The van der Waals surface area contributed by atoms with E-state index in [2.05, 4.69) is 4.98 Å². The quantitative estimate of drug-likeness (QED) is 0.527. The van der Waals surface area contributed by atoms with Crippen molar-refractivity contribution in [1.29, 1.82) is 0 Å². The molecule has 0 atom stereocenters. The Kier molecular flexibility index (Phi) is 1.85. The molecule has 0 bridgehead atoms. The summed E-state index contributed by atoms with van der Waals surface area (Å²) in [4.78, 5) is 5.23. The highest BCUT2D eigenvalue weighted by molar-refractivity contribution is 5.79. The van der Waals surface area contributed by atoms with Crippen LogP contribution in [0.25, 0.3) is 11.0 Å². The van der Waals surface area contributed by atoms with E-state index in [-0.39, 0.29) is 16.7 Å². The molecular formula is C8H5F4N3. The number of nitrogens with two attached hydrogens (primary N) is 1. The molecule has 80 valence electrons. The molecule has 0 unspecified atom stereocenters. The summed E-state index contributed by atoms with van der Waals surface area (Å²) < 4.78 is 49.5. The molecule has 0 fully saturated rings. The standard InChI is InChI=1S/C8H5F4N3/c9-3-1-5-6(2-4(3)13)15-7(14-5)8(10,11)12/h1-2H,13H2,(H,14,15). The first-order valence-electron chi connectivity index (χ1n) is 3.90. The van der Waals surface area contributed by atoms with Crippen LogP contribution in [0.2, 0.25) is 0 Å². The monoisotopic (exact) mass is 219 g/mol. The number of fused-ring (bicyclic) bond motifs is 1. The third-order valence-corrected chi connectivity index (χ3v) is 1.87. The number of hydrogen-bond acceptors (Lipinski definition) is 2. The van der Waals surface area contributed by atoms with Crippen molar-refractivity contribution in [3.8, 4) is 0 Å². The minimum atomic E-state index is -4.58. The fraction of sp³-hybridized carbons (Fsp3) is 0.125. The maximum Gasteiger partial charge on any atom is 0.449 e. The maximum atomic E-state index is 12.9. The summed E-state index contributed by atoms with van der Waals surface area (Å²) in [6.45, 7) is 0. The Bertz CT molecular complexity index is 475. The SMILES string of the molecule is Nc1cc2nc(C(F)(F)F)[nH]c2cc1F. The van der Waals surface area contributed by atoms with Crippen LogP contribution in [-0.2, 0) is 6.18 Å². The summed E-state index contributed by atoms with van der Waals surface area (Å²) in [5.41, 5.74) is 4.91. The topological polar surface area (TPSA) is 54.7 Å². The Balaban J connectivity index is 2.66. The number of nitrogens with one attached hydrogen (secondary N) is 1. The molecule has 0 aliphatic heterocycles. The first kappa shape index (κ1) is 9.75. The average Bonchev–Trinajstić information content (AvgIpc) is 2.47. The molecule has 15 heavy (non-hydrogen) atoms. The van der Waals surface area contributed by atoms with E-state index >= 15 is 0 Å². The van der Waals surface area contributed by atoms with E-state index in [0.29, 0.717) is 0 Å². The van der Waals surface area contributed by atoms with E-state index in [1.54, 1.807) is 0 Å². The molecule has 0 radical (unpaired) electrons. The summed E-state index contributed by atoms with van der Waals surface area (Å²) >= 11 is 0. The zero-order valence-corrected chi connectivity index (χ0v) is 7.19. The van der Waals surface area contributed by atoms with Crippen LogP contribution in [0.1, 0.15) is 5.82 Å². The summed E-state index contributed by atoms with van der Waals surface area (Å²) in [5, 5.41) is 0. The molecular weight excluding hydrogens is 214 g/mol. The number of halogens is 4. The van der Waals surface area contributed by atoms with Crippen LogP contribution in [0.15, 0.2) is 12.1 Å². The number of alkyl halides is 3. The zero-order chi connectivity index (χ0) is 11.2. The van der Waals surface area contributed by atoms with E-state index in [9.17, 15) is 17.6 Å². The molecule has 1 aromatic carbocycles. The number of imidazole rings is 1. The molecule has 0 amide bonds. The van der Waals surface area contributed by atoms with Crippen LogP contribution in [0, 0.1) is 5.82 Å². The van der Waals surface area contributed by atoms with Crippen molar-refractivity contribution >= 4 is 16.7 Å². The summed E-state index contributed by atoms with van der Waals surface area (Å²) in [6, 6.07) is 1.93. The second kappa shape index (κ2) is 2.85. The Morgan fingerprint density at radius 1 is 1.27 bits per heavy atom. The second-order valence-corrected chi connectivity index (χ2v) is 2.97. The number of rotatable bonds is 0. The molecule has 7 heteroatoms. The number of aromatic amines is 1. The number of aromatic nitrogens is 2. The number of anilines is 1. The van der Waals surface area contributed by atoms with Crippen LogP contribution in [0.3, 0.4) is 0 Å². The van der Waals surface area contributed by atoms with Crippen LogP contribution in [0.5, 0.6) is 0 Å². The molecule has 0 saturated heterocycles. The van der Waals surface area contributed by atoms with Crippen LogP contribution < -0.4 is 5.73 Å². The van der Waals surface area contributed by atoms with Gasteiger partial charge in [-0.2, -0.15) is 13.2 Å². The molecule has 0 aliphatic carbocycles. The molecule has 0 aliphatic rings. The Morgan fingerprint density at radius 3 is 2.53 bits per heavy atom. The normalized spacial score (nSPS) is 12.3. The van der Waals surface area contributed by atoms with Crippen molar-refractivity contribution in [1.82, 2.24) is 9.97 Å². The second-order valence-electron chi connectivity index (χ2n) is 2.97. The van der Waals surface area contributed by atoms with Gasteiger partial charge in [0.2, 0.25) is 5.82 Å². The highest BCUT2D eigenvalue weighted by Gasteiger charge is 2.34. The molecule has 1 heterocycles.